The van der Waals surface area contributed by atoms with Crippen LogP contribution in [0.3, 0.4) is 0 Å². The normalized spacial score (nSPS) is 20.0. The van der Waals surface area contributed by atoms with Gasteiger partial charge in [0.25, 0.3) is 0 Å². The number of benzene rings is 1. The number of amides is 2. The number of nitrogens with zero attached hydrogens (tertiary/aromatic N) is 3. The predicted molar refractivity (Wildman–Crippen MR) is 176 cm³/mol. The van der Waals surface area contributed by atoms with E-state index in [2.05, 4.69) is 29.0 Å². The first kappa shape index (κ1) is 34.3. The molecular weight excluding hydrogens is 594 g/mol. The van der Waals surface area contributed by atoms with E-state index >= 15 is 0 Å². The summed E-state index contributed by atoms with van der Waals surface area (Å²) in [6, 6.07) is 5.56. The summed E-state index contributed by atoms with van der Waals surface area (Å²) in [4.78, 5) is 31.8. The third-order valence-electron chi connectivity index (χ3n) is 8.60. The molecule has 3 aliphatic rings. The number of nitrogens with one attached hydrogen (secondary N) is 1. The molecule has 2 amide bonds. The topological polar surface area (TPSA) is 121 Å². The van der Waals surface area contributed by atoms with Crippen LogP contribution in [0.1, 0.15) is 67.8 Å². The zero-order valence-electron chi connectivity index (χ0n) is 26.5. The van der Waals surface area contributed by atoms with Crippen molar-refractivity contribution in [3.8, 4) is 0 Å². The number of fused-ring (bicyclic) bond motifs is 1. The van der Waals surface area contributed by atoms with Gasteiger partial charge in [0.05, 0.1) is 37.5 Å². The molecule has 10 nitrogen and oxygen atoms in total. The molecular formula is C34H46ClN5O5. The van der Waals surface area contributed by atoms with E-state index in [0.717, 1.165) is 54.5 Å². The first-order valence-corrected chi connectivity index (χ1v) is 15.9. The summed E-state index contributed by atoms with van der Waals surface area (Å²) in [6.07, 6.45) is 12.6. The van der Waals surface area contributed by atoms with Crippen LogP contribution >= 0.6 is 11.6 Å². The van der Waals surface area contributed by atoms with E-state index in [1.165, 1.54) is 18.9 Å². The molecule has 5 rings (SSSR count). The Hall–Kier alpha value is -3.60. The fourth-order valence-corrected chi connectivity index (χ4v) is 6.47. The minimum atomic E-state index is -0.473. The number of carbonyl (C=O) groups is 2. The van der Waals surface area contributed by atoms with Crippen LogP contribution in [0.15, 0.2) is 61.2 Å². The Balaban J connectivity index is 0.00000109. The summed E-state index contributed by atoms with van der Waals surface area (Å²) in [5.41, 5.74) is 9.75. The number of hydrogen-bond acceptors (Lipinski definition) is 7. The van der Waals surface area contributed by atoms with Crippen LogP contribution in [0, 0.1) is 5.92 Å². The van der Waals surface area contributed by atoms with E-state index in [1.807, 2.05) is 35.6 Å². The average molecular weight is 640 g/mol. The van der Waals surface area contributed by atoms with Gasteiger partial charge in [0.2, 0.25) is 5.91 Å². The Morgan fingerprint density at radius 2 is 1.96 bits per heavy atom. The van der Waals surface area contributed by atoms with Gasteiger partial charge in [-0.1, -0.05) is 42.0 Å². The number of carbonyl (C=O) groups excluding carboxylic acids is 2. The highest BCUT2D eigenvalue weighted by molar-refractivity contribution is 6.30. The van der Waals surface area contributed by atoms with Gasteiger partial charge in [0.1, 0.15) is 12.7 Å². The quantitative estimate of drug-likeness (QED) is 0.410. The molecule has 2 fully saturated rings. The van der Waals surface area contributed by atoms with Gasteiger partial charge in [-0.3, -0.25) is 4.79 Å². The number of likely N-dealkylation sites (tertiary alicyclic amines) is 1. The summed E-state index contributed by atoms with van der Waals surface area (Å²) < 4.78 is 18.2. The van der Waals surface area contributed by atoms with Crippen LogP contribution in [0.5, 0.6) is 0 Å². The van der Waals surface area contributed by atoms with E-state index in [4.69, 9.17) is 31.5 Å². The highest BCUT2D eigenvalue weighted by atomic mass is 35.5. The van der Waals surface area contributed by atoms with Crippen LogP contribution in [0.2, 0.25) is 5.02 Å². The zero-order chi connectivity index (χ0) is 32.3. The molecule has 2 aliphatic heterocycles. The van der Waals surface area contributed by atoms with Crippen LogP contribution in [-0.4, -0.2) is 72.6 Å². The molecule has 2 atom stereocenters. The highest BCUT2D eigenvalue weighted by Crippen LogP contribution is 2.46. The Morgan fingerprint density at radius 1 is 1.24 bits per heavy atom. The standard InChI is InChI=1S/C31H39ClN4O5.C3H7N/c1-20-14-25(21-6-10-36(11-7-21)31(38)41-23-8-12-40-13-9-23)24-5-4-22(32)16-26(24)27(15-20)30(34-29(37)18-39-3)28-17-33-19-35(28)2;1-2-3-4/h4-5,15-17,19,21,23,25,30H,1,6-14,18H2,2-3H3,(H,34,37);2-3H,4H2,1H3/b;3-2-. The van der Waals surface area contributed by atoms with Crippen molar-refractivity contribution in [1.82, 2.24) is 19.8 Å². The minimum absolute atomic E-state index is 0.0524. The Morgan fingerprint density at radius 3 is 2.58 bits per heavy atom. The summed E-state index contributed by atoms with van der Waals surface area (Å²) in [7, 11) is 3.41. The number of hydrogen-bond donors (Lipinski definition) is 2. The number of aryl methyl sites for hydroxylation is 1. The SMILES string of the molecule is C/C=C\N.C=C1C=C(C(NC(=O)COC)c2cncn2C)c2cc(Cl)ccc2C(C2CCN(C(=O)OC3CCOCC3)CC2)C1. The number of methoxy groups -OCH3 is 1. The second-order valence-electron chi connectivity index (χ2n) is 11.7. The molecule has 1 aliphatic carbocycles. The molecule has 2 saturated heterocycles. The number of piperidine rings is 1. The molecule has 11 heteroatoms. The molecule has 1 aromatic heterocycles. The van der Waals surface area contributed by atoms with Gasteiger partial charge < -0.3 is 34.7 Å². The second kappa shape index (κ2) is 16.6. The maximum atomic E-state index is 12.9. The molecule has 0 saturated carbocycles. The highest BCUT2D eigenvalue weighted by Gasteiger charge is 2.35. The fraction of sp³-hybridized carbons (Fsp3) is 0.500. The van der Waals surface area contributed by atoms with Crippen LogP contribution in [0.25, 0.3) is 5.57 Å². The van der Waals surface area contributed by atoms with Crippen molar-refractivity contribution >= 4 is 29.2 Å². The average Bonchev–Trinajstić information content (AvgIpc) is 3.41. The Bertz CT molecular complexity index is 1370. The van der Waals surface area contributed by atoms with Crippen molar-refractivity contribution in [2.45, 2.75) is 57.1 Å². The third kappa shape index (κ3) is 8.99. The lowest BCUT2D eigenvalue weighted by molar-refractivity contribution is -0.125. The lowest BCUT2D eigenvalue weighted by atomic mass is 9.76. The molecule has 3 heterocycles. The smallest absolute Gasteiger partial charge is 0.410 e. The number of halogens is 1. The first-order valence-electron chi connectivity index (χ1n) is 15.6. The fourth-order valence-electron chi connectivity index (χ4n) is 6.30. The zero-order valence-corrected chi connectivity index (χ0v) is 27.3. The van der Waals surface area contributed by atoms with Crippen molar-refractivity contribution in [2.75, 3.05) is 40.0 Å². The molecule has 0 spiro atoms. The van der Waals surface area contributed by atoms with Gasteiger partial charge >= 0.3 is 6.09 Å². The van der Waals surface area contributed by atoms with Gasteiger partial charge in [-0.05, 0) is 73.1 Å². The molecule has 3 N–H and O–H groups in total. The number of imidazole rings is 1. The molecule has 0 bridgehead atoms. The largest absolute Gasteiger partial charge is 0.446 e. The Labute approximate surface area is 271 Å². The maximum Gasteiger partial charge on any atom is 0.410 e. The number of rotatable bonds is 7. The molecule has 1 aromatic carbocycles. The van der Waals surface area contributed by atoms with Crippen LogP contribution < -0.4 is 11.1 Å². The molecule has 0 radical (unpaired) electrons. The molecule has 244 valence electrons. The molecule has 2 unspecified atom stereocenters. The van der Waals surface area contributed by atoms with Crippen molar-refractivity contribution in [3.05, 3.63) is 83.1 Å². The van der Waals surface area contributed by atoms with Crippen LogP contribution in [0.4, 0.5) is 4.79 Å². The van der Waals surface area contributed by atoms with E-state index in [9.17, 15) is 9.59 Å². The lowest BCUT2D eigenvalue weighted by Crippen LogP contribution is -2.42. The number of allylic oxidation sites excluding steroid dienone is 3. The van der Waals surface area contributed by atoms with E-state index in [0.29, 0.717) is 37.2 Å². The predicted octanol–water partition coefficient (Wildman–Crippen LogP) is 5.51. The van der Waals surface area contributed by atoms with E-state index < -0.39 is 6.04 Å². The Kier molecular flexibility index (Phi) is 12.7. The summed E-state index contributed by atoms with van der Waals surface area (Å²) >= 11 is 6.57. The van der Waals surface area contributed by atoms with Crippen molar-refractivity contribution in [1.29, 1.82) is 0 Å². The monoisotopic (exact) mass is 639 g/mol. The van der Waals surface area contributed by atoms with Crippen LogP contribution in [-0.2, 0) is 26.1 Å². The van der Waals surface area contributed by atoms with Crippen molar-refractivity contribution in [3.63, 3.8) is 0 Å². The van der Waals surface area contributed by atoms with E-state index in [1.54, 1.807) is 18.6 Å². The number of ether oxygens (including phenoxy) is 3. The molecule has 45 heavy (non-hydrogen) atoms. The van der Waals surface area contributed by atoms with Crippen molar-refractivity contribution in [2.24, 2.45) is 18.7 Å². The molecule has 2 aromatic rings. The maximum absolute atomic E-state index is 12.9. The first-order chi connectivity index (χ1) is 21.7. The number of aromatic nitrogens is 2. The third-order valence-corrected chi connectivity index (χ3v) is 8.84. The van der Waals surface area contributed by atoms with Gasteiger partial charge in [-0.25, -0.2) is 9.78 Å². The van der Waals surface area contributed by atoms with Gasteiger partial charge in [-0.2, -0.15) is 0 Å². The van der Waals surface area contributed by atoms with Gasteiger partial charge in [0.15, 0.2) is 0 Å². The van der Waals surface area contributed by atoms with Gasteiger partial charge in [0, 0.05) is 45.1 Å². The van der Waals surface area contributed by atoms with Crippen molar-refractivity contribution < 1.29 is 23.8 Å². The lowest BCUT2D eigenvalue weighted by Gasteiger charge is -2.37. The second-order valence-corrected chi connectivity index (χ2v) is 12.1. The summed E-state index contributed by atoms with van der Waals surface area (Å²) in [6.45, 7) is 8.84. The summed E-state index contributed by atoms with van der Waals surface area (Å²) in [5, 5.41) is 3.77. The minimum Gasteiger partial charge on any atom is -0.446 e. The van der Waals surface area contributed by atoms with E-state index in [-0.39, 0.29) is 30.6 Å². The summed E-state index contributed by atoms with van der Waals surface area (Å²) in [5.74, 6) is 0.318. The van der Waals surface area contributed by atoms with Gasteiger partial charge in [-0.15, -0.1) is 0 Å². The number of nitrogens with two attached hydrogens (primary N) is 1.